The Morgan fingerprint density at radius 2 is 2.07 bits per heavy atom. The maximum Gasteiger partial charge on any atom is 0.294 e. The Morgan fingerprint density at radius 3 is 2.72 bits per heavy atom. The number of carbonyl (C=O) groups is 1. The van der Waals surface area contributed by atoms with Crippen molar-refractivity contribution in [1.82, 2.24) is 14.9 Å². The van der Waals surface area contributed by atoms with E-state index >= 15 is 0 Å². The number of likely N-dealkylation sites (N-methyl/N-ethyl adjacent to an activating group) is 1. The van der Waals surface area contributed by atoms with Gasteiger partial charge in [0.25, 0.3) is 11.6 Å². The van der Waals surface area contributed by atoms with Gasteiger partial charge in [-0.25, -0.2) is 4.98 Å². The Morgan fingerprint density at radius 1 is 1.28 bits per heavy atom. The van der Waals surface area contributed by atoms with E-state index in [1.165, 1.54) is 24.2 Å². The van der Waals surface area contributed by atoms with Crippen LogP contribution in [0.2, 0.25) is 0 Å². The van der Waals surface area contributed by atoms with Crippen LogP contribution in [0.25, 0.3) is 5.69 Å². The van der Waals surface area contributed by atoms with Gasteiger partial charge in [-0.05, 0) is 37.6 Å². The fraction of sp³-hybridized carbons (Fsp3) is 0.238. The second-order valence-corrected chi connectivity index (χ2v) is 6.55. The van der Waals surface area contributed by atoms with Crippen LogP contribution in [0.1, 0.15) is 22.8 Å². The normalized spacial score (nSPS) is 10.6. The lowest BCUT2D eigenvalue weighted by Crippen LogP contribution is -2.35. The number of rotatable bonds is 8. The molecule has 1 N–H and O–H groups in total. The summed E-state index contributed by atoms with van der Waals surface area (Å²) in [6, 6.07) is 12.5. The van der Waals surface area contributed by atoms with E-state index < -0.39 is 4.92 Å². The highest BCUT2D eigenvalue weighted by atomic mass is 16.6. The lowest BCUT2D eigenvalue weighted by molar-refractivity contribution is -0.384. The van der Waals surface area contributed by atoms with Crippen LogP contribution in [-0.2, 0) is 0 Å². The molecule has 0 bridgehead atoms. The highest BCUT2D eigenvalue weighted by Gasteiger charge is 2.19. The fourth-order valence-electron chi connectivity index (χ4n) is 3.20. The standard InChI is InChI=1S/C21H23N5O3/c1-3-24(18-7-5-4-6-16(18)2)13-11-23-21(27)17-8-9-19(20(14-17)26(28)29)25-12-10-22-15-25/h4-10,12,14-15H,3,11,13H2,1-2H3,(H,23,27). The number of benzene rings is 2. The Bertz CT molecular complexity index is 1000. The topological polar surface area (TPSA) is 93.3 Å². The summed E-state index contributed by atoms with van der Waals surface area (Å²) in [4.78, 5) is 29.6. The number of nitro groups is 1. The molecule has 1 heterocycles. The zero-order chi connectivity index (χ0) is 20.8. The average Bonchev–Trinajstić information content (AvgIpc) is 3.26. The van der Waals surface area contributed by atoms with Crippen molar-refractivity contribution in [2.45, 2.75) is 13.8 Å². The van der Waals surface area contributed by atoms with Gasteiger partial charge in [0.1, 0.15) is 5.69 Å². The van der Waals surface area contributed by atoms with E-state index in [1.54, 1.807) is 22.9 Å². The fourth-order valence-corrected chi connectivity index (χ4v) is 3.20. The first-order chi connectivity index (χ1) is 14.0. The van der Waals surface area contributed by atoms with Crippen molar-refractivity contribution >= 4 is 17.3 Å². The predicted octanol–water partition coefficient (Wildman–Crippen LogP) is 3.35. The highest BCUT2D eigenvalue weighted by Crippen LogP contribution is 2.24. The number of imidazole rings is 1. The number of carbonyl (C=O) groups excluding carboxylic acids is 1. The number of hydrogen-bond donors (Lipinski definition) is 1. The zero-order valence-corrected chi connectivity index (χ0v) is 16.4. The molecule has 8 heteroatoms. The second kappa shape index (κ2) is 9.01. The summed E-state index contributed by atoms with van der Waals surface area (Å²) < 4.78 is 1.54. The van der Waals surface area contributed by atoms with Crippen LogP contribution in [0.4, 0.5) is 11.4 Å². The number of aromatic nitrogens is 2. The van der Waals surface area contributed by atoms with E-state index in [2.05, 4.69) is 41.2 Å². The van der Waals surface area contributed by atoms with Crippen LogP contribution in [0.15, 0.2) is 61.2 Å². The van der Waals surface area contributed by atoms with E-state index in [0.29, 0.717) is 18.8 Å². The van der Waals surface area contributed by atoms with Gasteiger partial charge in [-0.3, -0.25) is 14.9 Å². The third-order valence-corrected chi connectivity index (χ3v) is 4.72. The minimum Gasteiger partial charge on any atom is -0.370 e. The van der Waals surface area contributed by atoms with E-state index in [-0.39, 0.29) is 17.2 Å². The Labute approximate surface area is 168 Å². The van der Waals surface area contributed by atoms with Crippen molar-refractivity contribution in [3.63, 3.8) is 0 Å². The molecule has 0 radical (unpaired) electrons. The smallest absolute Gasteiger partial charge is 0.294 e. The lowest BCUT2D eigenvalue weighted by Gasteiger charge is -2.25. The van der Waals surface area contributed by atoms with Gasteiger partial charge in [-0.1, -0.05) is 18.2 Å². The summed E-state index contributed by atoms with van der Waals surface area (Å²) in [6.07, 6.45) is 4.64. The Hall–Kier alpha value is -3.68. The lowest BCUT2D eigenvalue weighted by atomic mass is 10.1. The summed E-state index contributed by atoms with van der Waals surface area (Å²) in [7, 11) is 0. The van der Waals surface area contributed by atoms with Gasteiger partial charge in [0.15, 0.2) is 0 Å². The summed E-state index contributed by atoms with van der Waals surface area (Å²) in [5.41, 5.74) is 2.77. The molecule has 3 rings (SSSR count). The molecular formula is C21H23N5O3. The number of nitro benzene ring substituents is 1. The molecule has 0 spiro atoms. The monoisotopic (exact) mass is 393 g/mol. The third-order valence-electron chi connectivity index (χ3n) is 4.72. The Balaban J connectivity index is 1.68. The summed E-state index contributed by atoms with van der Waals surface area (Å²) in [5.74, 6) is -0.342. The van der Waals surface area contributed by atoms with Crippen molar-refractivity contribution in [3.05, 3.63) is 82.4 Å². The van der Waals surface area contributed by atoms with Crippen molar-refractivity contribution in [3.8, 4) is 5.69 Å². The van der Waals surface area contributed by atoms with Crippen LogP contribution < -0.4 is 10.2 Å². The van der Waals surface area contributed by atoms with Gasteiger partial charge in [0.05, 0.1) is 11.3 Å². The molecule has 0 aliphatic rings. The zero-order valence-electron chi connectivity index (χ0n) is 16.4. The van der Waals surface area contributed by atoms with Gasteiger partial charge < -0.3 is 14.8 Å². The molecule has 0 saturated carbocycles. The van der Waals surface area contributed by atoms with Crippen molar-refractivity contribution in [2.24, 2.45) is 0 Å². The molecule has 2 aromatic carbocycles. The average molecular weight is 393 g/mol. The SMILES string of the molecule is CCN(CCNC(=O)c1ccc(-n2ccnc2)c([N+](=O)[O-])c1)c1ccccc1C. The second-order valence-electron chi connectivity index (χ2n) is 6.55. The summed E-state index contributed by atoms with van der Waals surface area (Å²) in [6.45, 7) is 6.00. The molecule has 1 amide bonds. The molecule has 0 aliphatic heterocycles. The highest BCUT2D eigenvalue weighted by molar-refractivity contribution is 5.95. The number of nitrogens with zero attached hydrogens (tertiary/aromatic N) is 4. The molecule has 3 aromatic rings. The molecule has 0 unspecified atom stereocenters. The van der Waals surface area contributed by atoms with E-state index in [9.17, 15) is 14.9 Å². The van der Waals surface area contributed by atoms with E-state index in [4.69, 9.17) is 0 Å². The quantitative estimate of drug-likeness (QED) is 0.468. The van der Waals surface area contributed by atoms with Crippen LogP contribution in [-0.4, -0.2) is 40.0 Å². The van der Waals surface area contributed by atoms with Gasteiger partial charge in [0.2, 0.25) is 0 Å². The molecular weight excluding hydrogens is 370 g/mol. The molecule has 8 nitrogen and oxygen atoms in total. The number of nitrogens with one attached hydrogen (secondary N) is 1. The molecule has 0 aliphatic carbocycles. The summed E-state index contributed by atoms with van der Waals surface area (Å²) >= 11 is 0. The van der Waals surface area contributed by atoms with Crippen molar-refractivity contribution in [2.75, 3.05) is 24.5 Å². The van der Waals surface area contributed by atoms with Crippen LogP contribution in [0.5, 0.6) is 0 Å². The van der Waals surface area contributed by atoms with Gasteiger partial charge >= 0.3 is 0 Å². The first-order valence-corrected chi connectivity index (χ1v) is 9.36. The number of amides is 1. The number of para-hydroxylation sites is 1. The first kappa shape index (κ1) is 20.1. The largest absolute Gasteiger partial charge is 0.370 e. The van der Waals surface area contributed by atoms with Gasteiger partial charge in [0, 0.05) is 49.3 Å². The molecule has 0 saturated heterocycles. The minimum atomic E-state index is -0.497. The predicted molar refractivity (Wildman–Crippen MR) is 112 cm³/mol. The maximum atomic E-state index is 12.5. The molecule has 1 aromatic heterocycles. The van der Waals surface area contributed by atoms with Gasteiger partial charge in [-0.15, -0.1) is 0 Å². The maximum absolute atomic E-state index is 12.5. The van der Waals surface area contributed by atoms with Crippen LogP contribution >= 0.6 is 0 Å². The number of hydrogen-bond acceptors (Lipinski definition) is 5. The van der Waals surface area contributed by atoms with Crippen LogP contribution in [0, 0.1) is 17.0 Å². The molecule has 150 valence electrons. The first-order valence-electron chi connectivity index (χ1n) is 9.36. The van der Waals surface area contributed by atoms with Crippen molar-refractivity contribution < 1.29 is 9.72 Å². The van der Waals surface area contributed by atoms with Gasteiger partial charge in [-0.2, -0.15) is 0 Å². The molecule has 0 atom stereocenters. The van der Waals surface area contributed by atoms with Crippen molar-refractivity contribution in [1.29, 1.82) is 0 Å². The van der Waals surface area contributed by atoms with Crippen LogP contribution in [0.3, 0.4) is 0 Å². The molecule has 0 fully saturated rings. The Kier molecular flexibility index (Phi) is 6.23. The molecule has 29 heavy (non-hydrogen) atoms. The van der Waals surface area contributed by atoms with E-state index in [0.717, 1.165) is 12.2 Å². The minimum absolute atomic E-state index is 0.147. The number of anilines is 1. The van der Waals surface area contributed by atoms with E-state index in [1.807, 2.05) is 12.1 Å². The number of aryl methyl sites for hydroxylation is 1. The third kappa shape index (κ3) is 4.60. The summed E-state index contributed by atoms with van der Waals surface area (Å²) in [5, 5.41) is 14.3.